The Balaban J connectivity index is 3.60. The van der Waals surface area contributed by atoms with Crippen molar-refractivity contribution < 1.29 is 4.74 Å². The molecule has 0 aromatic carbocycles. The SMILES string of the molecule is CCCCCOCCCC(C)(C#N)NC(C)C. The molecule has 0 aliphatic rings. The lowest BCUT2D eigenvalue weighted by atomic mass is 9.97. The molecule has 0 bridgehead atoms. The standard InChI is InChI=1S/C14H28N2O/c1-5-6-7-10-17-11-8-9-14(4,12-15)16-13(2)3/h13,16H,5-11H2,1-4H3. The summed E-state index contributed by atoms with van der Waals surface area (Å²) in [5.74, 6) is 0. The molecule has 100 valence electrons. The summed E-state index contributed by atoms with van der Waals surface area (Å²) >= 11 is 0. The van der Waals surface area contributed by atoms with E-state index in [1.54, 1.807) is 0 Å². The molecule has 0 aromatic rings. The summed E-state index contributed by atoms with van der Waals surface area (Å²) in [5, 5.41) is 12.5. The number of unbranched alkanes of at least 4 members (excludes halogenated alkanes) is 2. The van der Waals surface area contributed by atoms with Gasteiger partial charge in [-0.05, 0) is 40.0 Å². The number of nitriles is 1. The molecule has 3 nitrogen and oxygen atoms in total. The maximum absolute atomic E-state index is 9.15. The van der Waals surface area contributed by atoms with Crippen molar-refractivity contribution in [2.45, 2.75) is 71.4 Å². The Bertz CT molecular complexity index is 223. The van der Waals surface area contributed by atoms with Gasteiger partial charge in [0.2, 0.25) is 0 Å². The molecule has 0 aliphatic carbocycles. The van der Waals surface area contributed by atoms with Crippen molar-refractivity contribution in [1.82, 2.24) is 5.32 Å². The second-order valence-corrected chi connectivity index (χ2v) is 5.17. The van der Waals surface area contributed by atoms with Gasteiger partial charge < -0.3 is 4.74 Å². The Kier molecular flexibility index (Phi) is 9.11. The normalized spacial score (nSPS) is 14.6. The highest BCUT2D eigenvalue weighted by molar-refractivity contribution is 5.04. The Labute approximate surface area is 107 Å². The average Bonchev–Trinajstić information content (AvgIpc) is 2.27. The summed E-state index contributed by atoms with van der Waals surface area (Å²) in [7, 11) is 0. The van der Waals surface area contributed by atoms with Crippen LogP contribution in [-0.2, 0) is 4.74 Å². The highest BCUT2D eigenvalue weighted by Crippen LogP contribution is 2.12. The minimum absolute atomic E-state index is 0.338. The van der Waals surface area contributed by atoms with E-state index >= 15 is 0 Å². The van der Waals surface area contributed by atoms with Gasteiger partial charge in [-0.25, -0.2) is 0 Å². The van der Waals surface area contributed by atoms with E-state index in [1.165, 1.54) is 12.8 Å². The first kappa shape index (κ1) is 16.4. The van der Waals surface area contributed by atoms with E-state index in [0.717, 1.165) is 32.5 Å². The predicted octanol–water partition coefficient (Wildman–Crippen LogP) is 3.25. The Morgan fingerprint density at radius 2 is 1.88 bits per heavy atom. The van der Waals surface area contributed by atoms with Crippen LogP contribution in [0.15, 0.2) is 0 Å². The number of nitrogens with zero attached hydrogens (tertiary/aromatic N) is 1. The van der Waals surface area contributed by atoms with E-state index in [0.29, 0.717) is 6.04 Å². The second kappa shape index (κ2) is 9.44. The molecule has 1 N–H and O–H groups in total. The summed E-state index contributed by atoms with van der Waals surface area (Å²) in [6.45, 7) is 9.91. The van der Waals surface area contributed by atoms with Crippen LogP contribution < -0.4 is 5.32 Å². The molecule has 0 heterocycles. The minimum atomic E-state index is -0.416. The van der Waals surface area contributed by atoms with Gasteiger partial charge in [0.25, 0.3) is 0 Å². The van der Waals surface area contributed by atoms with Gasteiger partial charge in [0.1, 0.15) is 5.54 Å². The van der Waals surface area contributed by atoms with Crippen LogP contribution in [0.2, 0.25) is 0 Å². The molecule has 0 spiro atoms. The predicted molar refractivity (Wildman–Crippen MR) is 71.9 cm³/mol. The van der Waals surface area contributed by atoms with Crippen molar-refractivity contribution in [2.24, 2.45) is 0 Å². The van der Waals surface area contributed by atoms with Crippen LogP contribution >= 0.6 is 0 Å². The van der Waals surface area contributed by atoms with Crippen LogP contribution in [0.3, 0.4) is 0 Å². The molecule has 1 atom stereocenters. The quantitative estimate of drug-likeness (QED) is 0.596. The molecule has 0 rings (SSSR count). The molecular formula is C14H28N2O. The summed E-state index contributed by atoms with van der Waals surface area (Å²) in [6, 6.07) is 2.69. The molecule has 0 radical (unpaired) electrons. The molecule has 0 fully saturated rings. The van der Waals surface area contributed by atoms with E-state index in [2.05, 4.69) is 32.2 Å². The molecular weight excluding hydrogens is 212 g/mol. The third-order valence-electron chi connectivity index (χ3n) is 2.71. The summed E-state index contributed by atoms with van der Waals surface area (Å²) in [5.41, 5.74) is -0.416. The summed E-state index contributed by atoms with van der Waals surface area (Å²) < 4.78 is 5.54. The maximum atomic E-state index is 9.15. The summed E-state index contributed by atoms with van der Waals surface area (Å²) in [6.07, 6.45) is 5.40. The molecule has 0 aromatic heterocycles. The van der Waals surface area contributed by atoms with Gasteiger partial charge in [0.05, 0.1) is 6.07 Å². The first-order valence-corrected chi connectivity index (χ1v) is 6.80. The number of hydrogen-bond acceptors (Lipinski definition) is 3. The third kappa shape index (κ3) is 9.14. The zero-order valence-corrected chi connectivity index (χ0v) is 11.9. The van der Waals surface area contributed by atoms with Crippen molar-refractivity contribution in [3.05, 3.63) is 0 Å². The summed E-state index contributed by atoms with van der Waals surface area (Å²) in [4.78, 5) is 0. The molecule has 1 unspecified atom stereocenters. The van der Waals surface area contributed by atoms with Crippen LogP contribution in [0, 0.1) is 11.3 Å². The molecule has 0 amide bonds. The first-order valence-electron chi connectivity index (χ1n) is 6.80. The maximum Gasteiger partial charge on any atom is 0.104 e. The second-order valence-electron chi connectivity index (χ2n) is 5.17. The monoisotopic (exact) mass is 240 g/mol. The molecule has 0 saturated carbocycles. The number of ether oxygens (including phenoxy) is 1. The van der Waals surface area contributed by atoms with Crippen molar-refractivity contribution in [3.63, 3.8) is 0 Å². The fraction of sp³-hybridized carbons (Fsp3) is 0.929. The van der Waals surface area contributed by atoms with E-state index in [-0.39, 0.29) is 0 Å². The lowest BCUT2D eigenvalue weighted by molar-refractivity contribution is 0.122. The van der Waals surface area contributed by atoms with Gasteiger partial charge in [0, 0.05) is 19.3 Å². The van der Waals surface area contributed by atoms with Gasteiger partial charge in [-0.2, -0.15) is 5.26 Å². The Morgan fingerprint density at radius 3 is 2.41 bits per heavy atom. The van der Waals surface area contributed by atoms with Crippen LogP contribution in [0.25, 0.3) is 0 Å². The van der Waals surface area contributed by atoms with Crippen molar-refractivity contribution in [3.8, 4) is 6.07 Å². The largest absolute Gasteiger partial charge is 0.381 e. The Hall–Kier alpha value is -0.590. The zero-order valence-electron chi connectivity index (χ0n) is 11.9. The molecule has 0 saturated heterocycles. The first-order chi connectivity index (χ1) is 8.04. The lowest BCUT2D eigenvalue weighted by Gasteiger charge is -2.25. The average molecular weight is 240 g/mol. The van der Waals surface area contributed by atoms with Crippen molar-refractivity contribution >= 4 is 0 Å². The van der Waals surface area contributed by atoms with E-state index in [4.69, 9.17) is 10.00 Å². The van der Waals surface area contributed by atoms with Crippen LogP contribution in [0.4, 0.5) is 0 Å². The molecule has 3 heteroatoms. The highest BCUT2D eigenvalue weighted by atomic mass is 16.5. The highest BCUT2D eigenvalue weighted by Gasteiger charge is 2.23. The number of rotatable bonds is 10. The van der Waals surface area contributed by atoms with Gasteiger partial charge >= 0.3 is 0 Å². The van der Waals surface area contributed by atoms with Gasteiger partial charge in [-0.1, -0.05) is 19.8 Å². The fourth-order valence-electron chi connectivity index (χ4n) is 1.88. The van der Waals surface area contributed by atoms with E-state index in [9.17, 15) is 0 Å². The van der Waals surface area contributed by atoms with Crippen LogP contribution in [0.1, 0.15) is 59.8 Å². The lowest BCUT2D eigenvalue weighted by Crippen LogP contribution is -2.45. The zero-order chi connectivity index (χ0) is 13.1. The number of hydrogen-bond donors (Lipinski definition) is 1. The molecule has 0 aliphatic heterocycles. The minimum Gasteiger partial charge on any atom is -0.381 e. The number of nitrogens with one attached hydrogen (secondary N) is 1. The van der Waals surface area contributed by atoms with Gasteiger partial charge in [-0.3, -0.25) is 5.32 Å². The van der Waals surface area contributed by atoms with Crippen molar-refractivity contribution in [1.29, 1.82) is 5.26 Å². The Morgan fingerprint density at radius 1 is 1.24 bits per heavy atom. The van der Waals surface area contributed by atoms with Gasteiger partial charge in [-0.15, -0.1) is 0 Å². The van der Waals surface area contributed by atoms with Gasteiger partial charge in [0.15, 0.2) is 0 Å². The third-order valence-corrected chi connectivity index (χ3v) is 2.71. The van der Waals surface area contributed by atoms with Crippen molar-refractivity contribution in [2.75, 3.05) is 13.2 Å². The van der Waals surface area contributed by atoms with Crippen LogP contribution in [0.5, 0.6) is 0 Å². The van der Waals surface area contributed by atoms with E-state index < -0.39 is 5.54 Å². The fourth-order valence-corrected chi connectivity index (χ4v) is 1.88. The van der Waals surface area contributed by atoms with E-state index in [1.807, 2.05) is 6.92 Å². The smallest absolute Gasteiger partial charge is 0.104 e. The van der Waals surface area contributed by atoms with Crippen LogP contribution in [-0.4, -0.2) is 24.8 Å². The topological polar surface area (TPSA) is 45.0 Å². The molecule has 17 heavy (non-hydrogen) atoms.